The van der Waals surface area contributed by atoms with Crippen LogP contribution in [0.5, 0.6) is 0 Å². The summed E-state index contributed by atoms with van der Waals surface area (Å²) in [4.78, 5) is 22.7. The van der Waals surface area contributed by atoms with Gasteiger partial charge in [0.05, 0.1) is 0 Å². The number of rotatable bonds is 21. The summed E-state index contributed by atoms with van der Waals surface area (Å²) in [7, 11) is 0. The Balaban J connectivity index is 3.96. The van der Waals surface area contributed by atoms with E-state index in [4.69, 9.17) is 9.84 Å². The maximum absolute atomic E-state index is 12.2. The molecule has 0 saturated heterocycles. The standard InChI is InChI=1S/C24H46O4/c1-3-5-7-9-10-11-17-21-24(27)28-22(18-14-8-6-4-2)19-15-12-13-16-20-23(25)26/h22H,3-21H2,1-2H3,(H,25,26). The molecular formula is C24H46O4. The number of aliphatic carboxylic acids is 1. The fourth-order valence-electron chi connectivity index (χ4n) is 3.53. The molecule has 0 aliphatic rings. The van der Waals surface area contributed by atoms with Crippen LogP contribution in [-0.4, -0.2) is 23.1 Å². The van der Waals surface area contributed by atoms with Crippen LogP contribution < -0.4 is 0 Å². The summed E-state index contributed by atoms with van der Waals surface area (Å²) in [5.74, 6) is -0.743. The fraction of sp³-hybridized carbons (Fsp3) is 0.917. The van der Waals surface area contributed by atoms with Gasteiger partial charge in [-0.25, -0.2) is 0 Å². The summed E-state index contributed by atoms with van der Waals surface area (Å²) < 4.78 is 5.79. The van der Waals surface area contributed by atoms with Crippen molar-refractivity contribution in [2.24, 2.45) is 0 Å². The van der Waals surface area contributed by atoms with Crippen LogP contribution in [0.3, 0.4) is 0 Å². The summed E-state index contributed by atoms with van der Waals surface area (Å²) in [6.45, 7) is 4.43. The minimum absolute atomic E-state index is 0.0278. The van der Waals surface area contributed by atoms with Gasteiger partial charge in [-0.2, -0.15) is 0 Å². The lowest BCUT2D eigenvalue weighted by molar-refractivity contribution is -0.150. The third-order valence-corrected chi connectivity index (χ3v) is 5.33. The largest absolute Gasteiger partial charge is 0.481 e. The number of carboxylic acids is 1. The third kappa shape index (κ3) is 19.7. The van der Waals surface area contributed by atoms with E-state index in [-0.39, 0.29) is 18.5 Å². The number of hydrogen-bond acceptors (Lipinski definition) is 3. The average Bonchev–Trinajstić information content (AvgIpc) is 2.66. The minimum atomic E-state index is -0.715. The third-order valence-electron chi connectivity index (χ3n) is 5.33. The van der Waals surface area contributed by atoms with E-state index in [0.29, 0.717) is 6.42 Å². The second-order valence-electron chi connectivity index (χ2n) is 8.18. The Bertz CT molecular complexity index is 368. The predicted molar refractivity (Wildman–Crippen MR) is 117 cm³/mol. The summed E-state index contributed by atoms with van der Waals surface area (Å²) in [5.41, 5.74) is 0. The molecule has 0 spiro atoms. The van der Waals surface area contributed by atoms with Crippen LogP contribution in [-0.2, 0) is 14.3 Å². The van der Waals surface area contributed by atoms with E-state index in [1.165, 1.54) is 51.4 Å². The van der Waals surface area contributed by atoms with E-state index in [1.54, 1.807) is 0 Å². The molecule has 0 amide bonds. The van der Waals surface area contributed by atoms with Gasteiger partial charge in [-0.05, 0) is 38.5 Å². The van der Waals surface area contributed by atoms with Gasteiger partial charge in [-0.15, -0.1) is 0 Å². The first kappa shape index (κ1) is 26.9. The van der Waals surface area contributed by atoms with Crippen molar-refractivity contribution in [3.8, 4) is 0 Å². The SMILES string of the molecule is CCCCCCCCCC(=O)OC(CCCCCC)CCCCCCC(=O)O. The van der Waals surface area contributed by atoms with E-state index in [2.05, 4.69) is 13.8 Å². The Labute approximate surface area is 173 Å². The summed E-state index contributed by atoms with van der Waals surface area (Å²) in [6.07, 6.45) is 19.8. The van der Waals surface area contributed by atoms with Crippen molar-refractivity contribution in [2.45, 2.75) is 142 Å². The van der Waals surface area contributed by atoms with Gasteiger partial charge in [0, 0.05) is 12.8 Å². The Kier molecular flexibility index (Phi) is 19.9. The molecule has 0 bridgehead atoms. The molecule has 0 rings (SSSR count). The van der Waals surface area contributed by atoms with E-state index in [9.17, 15) is 9.59 Å². The Hall–Kier alpha value is -1.06. The maximum Gasteiger partial charge on any atom is 0.306 e. The van der Waals surface area contributed by atoms with Gasteiger partial charge in [0.25, 0.3) is 0 Å². The van der Waals surface area contributed by atoms with Gasteiger partial charge >= 0.3 is 11.9 Å². The maximum atomic E-state index is 12.2. The van der Waals surface area contributed by atoms with Crippen molar-refractivity contribution in [1.29, 1.82) is 0 Å². The van der Waals surface area contributed by atoms with Crippen LogP contribution in [0.25, 0.3) is 0 Å². The molecule has 28 heavy (non-hydrogen) atoms. The van der Waals surface area contributed by atoms with Gasteiger partial charge in [0.2, 0.25) is 0 Å². The molecular weight excluding hydrogens is 352 g/mol. The highest BCUT2D eigenvalue weighted by molar-refractivity contribution is 5.69. The minimum Gasteiger partial charge on any atom is -0.481 e. The molecule has 4 nitrogen and oxygen atoms in total. The molecule has 0 aliphatic heterocycles. The monoisotopic (exact) mass is 398 g/mol. The van der Waals surface area contributed by atoms with Gasteiger partial charge < -0.3 is 9.84 Å². The smallest absolute Gasteiger partial charge is 0.306 e. The van der Waals surface area contributed by atoms with E-state index in [0.717, 1.165) is 57.8 Å². The zero-order valence-corrected chi connectivity index (χ0v) is 18.7. The number of hydrogen-bond donors (Lipinski definition) is 1. The summed E-state index contributed by atoms with van der Waals surface area (Å²) in [5, 5.41) is 8.68. The number of unbranched alkanes of at least 4 members (excludes halogenated alkanes) is 12. The number of esters is 1. The Morgan fingerprint density at radius 2 is 1.07 bits per heavy atom. The molecule has 1 unspecified atom stereocenters. The highest BCUT2D eigenvalue weighted by Crippen LogP contribution is 2.17. The molecule has 0 fully saturated rings. The molecule has 1 N–H and O–H groups in total. The summed E-state index contributed by atoms with van der Waals surface area (Å²) >= 11 is 0. The summed E-state index contributed by atoms with van der Waals surface area (Å²) in [6, 6.07) is 0. The number of ether oxygens (including phenoxy) is 1. The van der Waals surface area contributed by atoms with E-state index in [1.807, 2.05) is 0 Å². The van der Waals surface area contributed by atoms with Crippen molar-refractivity contribution >= 4 is 11.9 Å². The quantitative estimate of drug-likeness (QED) is 0.161. The van der Waals surface area contributed by atoms with Crippen LogP contribution in [0.15, 0.2) is 0 Å². The van der Waals surface area contributed by atoms with Crippen molar-refractivity contribution in [1.82, 2.24) is 0 Å². The molecule has 0 aromatic heterocycles. The first-order valence-corrected chi connectivity index (χ1v) is 12.0. The average molecular weight is 399 g/mol. The van der Waals surface area contributed by atoms with Crippen LogP contribution in [0.1, 0.15) is 136 Å². The zero-order chi connectivity index (χ0) is 20.9. The lowest BCUT2D eigenvalue weighted by Gasteiger charge is -2.18. The molecule has 166 valence electrons. The number of carbonyl (C=O) groups is 2. The van der Waals surface area contributed by atoms with Crippen molar-refractivity contribution in [3.63, 3.8) is 0 Å². The molecule has 0 saturated carbocycles. The van der Waals surface area contributed by atoms with Crippen LogP contribution in [0, 0.1) is 0 Å². The van der Waals surface area contributed by atoms with Gasteiger partial charge in [0.1, 0.15) is 6.10 Å². The molecule has 0 radical (unpaired) electrons. The Morgan fingerprint density at radius 3 is 1.61 bits per heavy atom. The molecule has 0 aromatic rings. The van der Waals surface area contributed by atoms with Crippen LogP contribution in [0.2, 0.25) is 0 Å². The molecule has 4 heteroatoms. The first-order valence-electron chi connectivity index (χ1n) is 12.0. The fourth-order valence-corrected chi connectivity index (χ4v) is 3.53. The molecule has 0 heterocycles. The predicted octanol–water partition coefficient (Wildman–Crippen LogP) is 7.43. The topological polar surface area (TPSA) is 63.6 Å². The zero-order valence-electron chi connectivity index (χ0n) is 18.7. The highest BCUT2D eigenvalue weighted by Gasteiger charge is 2.14. The lowest BCUT2D eigenvalue weighted by Crippen LogP contribution is -2.18. The molecule has 1 atom stereocenters. The number of carbonyl (C=O) groups excluding carboxylic acids is 1. The van der Waals surface area contributed by atoms with Crippen molar-refractivity contribution in [2.75, 3.05) is 0 Å². The second kappa shape index (κ2) is 20.7. The van der Waals surface area contributed by atoms with Gasteiger partial charge in [-0.3, -0.25) is 9.59 Å². The lowest BCUT2D eigenvalue weighted by atomic mass is 10.0. The van der Waals surface area contributed by atoms with Crippen molar-refractivity contribution in [3.05, 3.63) is 0 Å². The van der Waals surface area contributed by atoms with Gasteiger partial charge in [-0.1, -0.05) is 84.5 Å². The normalized spacial score (nSPS) is 12.1. The van der Waals surface area contributed by atoms with Crippen LogP contribution >= 0.6 is 0 Å². The highest BCUT2D eigenvalue weighted by atomic mass is 16.5. The van der Waals surface area contributed by atoms with Crippen molar-refractivity contribution < 1.29 is 19.4 Å². The van der Waals surface area contributed by atoms with E-state index >= 15 is 0 Å². The van der Waals surface area contributed by atoms with E-state index < -0.39 is 5.97 Å². The molecule has 0 aromatic carbocycles. The molecule has 0 aliphatic carbocycles. The first-order chi connectivity index (χ1) is 13.6. The van der Waals surface area contributed by atoms with Gasteiger partial charge in [0.15, 0.2) is 0 Å². The number of carboxylic acid groups (broad SMARTS) is 1. The Morgan fingerprint density at radius 1 is 0.643 bits per heavy atom. The van der Waals surface area contributed by atoms with Crippen LogP contribution in [0.4, 0.5) is 0 Å². The second-order valence-corrected chi connectivity index (χ2v) is 8.18.